The van der Waals surface area contributed by atoms with Crippen LogP contribution in [-0.4, -0.2) is 46.3 Å². The predicted molar refractivity (Wildman–Crippen MR) is 73.8 cm³/mol. The van der Waals surface area contributed by atoms with Gasteiger partial charge in [0.05, 0.1) is 18.2 Å². The molecule has 1 aliphatic rings. The Labute approximate surface area is 117 Å². The van der Waals surface area contributed by atoms with E-state index in [0.29, 0.717) is 12.2 Å². The molecule has 0 aliphatic carbocycles. The van der Waals surface area contributed by atoms with E-state index in [-0.39, 0.29) is 30.2 Å². The molecule has 20 heavy (non-hydrogen) atoms. The monoisotopic (exact) mass is 278 g/mol. The van der Waals surface area contributed by atoms with E-state index in [2.05, 4.69) is 5.32 Å². The second-order valence-corrected chi connectivity index (χ2v) is 5.03. The summed E-state index contributed by atoms with van der Waals surface area (Å²) in [4.78, 5) is 24.6. The highest BCUT2D eigenvalue weighted by atomic mass is 16.4. The lowest BCUT2D eigenvalue weighted by Gasteiger charge is -2.25. The fourth-order valence-corrected chi connectivity index (χ4v) is 2.46. The summed E-state index contributed by atoms with van der Waals surface area (Å²) in [5.74, 6) is -0.778. The Hall–Kier alpha value is -2.08. The number of carboxylic acid groups (broad SMARTS) is 1. The Morgan fingerprint density at radius 2 is 2.20 bits per heavy atom. The Morgan fingerprint density at radius 3 is 2.85 bits per heavy atom. The molecule has 2 rings (SSSR count). The van der Waals surface area contributed by atoms with Crippen molar-refractivity contribution in [2.24, 2.45) is 5.92 Å². The second kappa shape index (κ2) is 5.92. The summed E-state index contributed by atoms with van der Waals surface area (Å²) < 4.78 is 0. The number of aromatic carboxylic acids is 1. The lowest BCUT2D eigenvalue weighted by atomic mass is 10.0. The van der Waals surface area contributed by atoms with Crippen molar-refractivity contribution in [3.05, 3.63) is 29.8 Å². The molecule has 0 saturated carbocycles. The Morgan fingerprint density at radius 1 is 1.45 bits per heavy atom. The summed E-state index contributed by atoms with van der Waals surface area (Å²) in [6.07, 6.45) is 0.855. The number of carboxylic acids is 1. The van der Waals surface area contributed by atoms with E-state index in [1.54, 1.807) is 17.0 Å². The molecule has 108 valence electrons. The van der Waals surface area contributed by atoms with Crippen molar-refractivity contribution in [3.63, 3.8) is 0 Å². The number of carbonyl (C=O) groups excluding carboxylic acids is 1. The third kappa shape index (κ3) is 2.91. The van der Waals surface area contributed by atoms with Crippen molar-refractivity contribution in [2.75, 3.05) is 18.5 Å². The van der Waals surface area contributed by atoms with E-state index in [0.717, 1.165) is 6.42 Å². The third-order valence-corrected chi connectivity index (χ3v) is 3.69. The maximum absolute atomic E-state index is 12.2. The van der Waals surface area contributed by atoms with Crippen LogP contribution in [-0.2, 0) is 0 Å². The third-order valence-electron chi connectivity index (χ3n) is 3.69. The van der Waals surface area contributed by atoms with Gasteiger partial charge in [-0.15, -0.1) is 0 Å². The van der Waals surface area contributed by atoms with Crippen molar-refractivity contribution in [3.8, 4) is 0 Å². The van der Waals surface area contributed by atoms with Gasteiger partial charge in [0.2, 0.25) is 0 Å². The highest BCUT2D eigenvalue weighted by Crippen LogP contribution is 2.24. The summed E-state index contributed by atoms with van der Waals surface area (Å²) in [7, 11) is 0. The van der Waals surface area contributed by atoms with E-state index in [9.17, 15) is 14.7 Å². The summed E-state index contributed by atoms with van der Waals surface area (Å²) in [5.41, 5.74) is 0.558. The molecule has 6 nitrogen and oxygen atoms in total. The lowest BCUT2D eigenvalue weighted by Crippen LogP contribution is -2.42. The van der Waals surface area contributed by atoms with Gasteiger partial charge in [0, 0.05) is 12.2 Å². The number of hydrogen-bond donors (Lipinski definition) is 3. The van der Waals surface area contributed by atoms with E-state index < -0.39 is 5.97 Å². The molecule has 1 aromatic rings. The highest BCUT2D eigenvalue weighted by molar-refractivity contribution is 5.93. The van der Waals surface area contributed by atoms with Crippen LogP contribution in [0.1, 0.15) is 23.7 Å². The molecular formula is C14H18N2O4. The predicted octanol–water partition coefficient (Wildman–Crippen LogP) is 1.62. The average molecular weight is 278 g/mol. The number of aliphatic hydroxyl groups is 1. The summed E-state index contributed by atoms with van der Waals surface area (Å²) in [6.45, 7) is 2.53. The van der Waals surface area contributed by atoms with Crippen LogP contribution in [0.25, 0.3) is 0 Å². The number of nitrogens with one attached hydrogen (secondary N) is 1. The summed E-state index contributed by atoms with van der Waals surface area (Å²) in [6, 6.07) is 5.60. The van der Waals surface area contributed by atoms with Crippen LogP contribution in [0, 0.1) is 5.92 Å². The average Bonchev–Trinajstić information content (AvgIpc) is 2.80. The number of amides is 2. The van der Waals surface area contributed by atoms with Gasteiger partial charge in [0.1, 0.15) is 0 Å². The maximum Gasteiger partial charge on any atom is 0.335 e. The molecule has 2 atom stereocenters. The van der Waals surface area contributed by atoms with Crippen LogP contribution in [0.15, 0.2) is 24.3 Å². The van der Waals surface area contributed by atoms with E-state index in [1.165, 1.54) is 12.1 Å². The first-order chi connectivity index (χ1) is 9.52. The quantitative estimate of drug-likeness (QED) is 0.783. The van der Waals surface area contributed by atoms with Crippen LogP contribution < -0.4 is 5.32 Å². The van der Waals surface area contributed by atoms with Crippen LogP contribution in [0.4, 0.5) is 10.5 Å². The van der Waals surface area contributed by atoms with Gasteiger partial charge in [-0.05, 0) is 30.5 Å². The molecule has 2 unspecified atom stereocenters. The minimum absolute atomic E-state index is 0.0657. The smallest absolute Gasteiger partial charge is 0.335 e. The first-order valence-electron chi connectivity index (χ1n) is 6.54. The highest BCUT2D eigenvalue weighted by Gasteiger charge is 2.33. The van der Waals surface area contributed by atoms with Crippen molar-refractivity contribution in [2.45, 2.75) is 19.4 Å². The number of carbonyl (C=O) groups is 2. The van der Waals surface area contributed by atoms with E-state index in [1.807, 2.05) is 6.92 Å². The van der Waals surface area contributed by atoms with Gasteiger partial charge in [-0.25, -0.2) is 9.59 Å². The van der Waals surface area contributed by atoms with Gasteiger partial charge in [0.25, 0.3) is 0 Å². The van der Waals surface area contributed by atoms with Crippen LogP contribution in [0.2, 0.25) is 0 Å². The fraction of sp³-hybridized carbons (Fsp3) is 0.429. The molecule has 0 radical (unpaired) electrons. The molecule has 6 heteroatoms. The van der Waals surface area contributed by atoms with Gasteiger partial charge in [-0.3, -0.25) is 0 Å². The van der Waals surface area contributed by atoms with Crippen molar-refractivity contribution >= 4 is 17.7 Å². The van der Waals surface area contributed by atoms with Crippen molar-refractivity contribution in [1.29, 1.82) is 0 Å². The molecule has 1 fully saturated rings. The zero-order valence-corrected chi connectivity index (χ0v) is 11.2. The number of aliphatic hydroxyl groups excluding tert-OH is 1. The van der Waals surface area contributed by atoms with Crippen LogP contribution >= 0.6 is 0 Å². The number of likely N-dealkylation sites (tertiary alicyclic amines) is 1. The Kier molecular flexibility index (Phi) is 4.24. The number of anilines is 1. The van der Waals surface area contributed by atoms with Crippen LogP contribution in [0.3, 0.4) is 0 Å². The van der Waals surface area contributed by atoms with Gasteiger partial charge in [-0.1, -0.05) is 13.0 Å². The molecule has 2 amide bonds. The number of rotatable bonds is 3. The summed E-state index contributed by atoms with van der Waals surface area (Å²) >= 11 is 0. The van der Waals surface area contributed by atoms with Gasteiger partial charge >= 0.3 is 12.0 Å². The molecule has 1 aromatic carbocycles. The van der Waals surface area contributed by atoms with Crippen molar-refractivity contribution in [1.82, 2.24) is 4.90 Å². The maximum atomic E-state index is 12.2. The first-order valence-corrected chi connectivity index (χ1v) is 6.54. The van der Waals surface area contributed by atoms with Gasteiger partial charge in [0.15, 0.2) is 0 Å². The Balaban J connectivity index is 2.08. The number of urea groups is 1. The van der Waals surface area contributed by atoms with Crippen molar-refractivity contribution < 1.29 is 19.8 Å². The van der Waals surface area contributed by atoms with E-state index in [4.69, 9.17) is 5.11 Å². The van der Waals surface area contributed by atoms with E-state index >= 15 is 0 Å². The molecule has 1 aliphatic heterocycles. The fourth-order valence-electron chi connectivity index (χ4n) is 2.46. The molecule has 0 bridgehead atoms. The molecular weight excluding hydrogens is 260 g/mol. The van der Waals surface area contributed by atoms with Gasteiger partial charge in [-0.2, -0.15) is 0 Å². The SMILES string of the molecule is CC1CCN(C(=O)Nc2cccc(C(=O)O)c2)C1CO. The largest absolute Gasteiger partial charge is 0.478 e. The molecule has 0 spiro atoms. The minimum atomic E-state index is -1.04. The standard InChI is InChI=1S/C14H18N2O4/c1-9-5-6-16(12(9)8-17)14(20)15-11-4-2-3-10(7-11)13(18)19/h2-4,7,9,12,17H,5-6,8H2,1H3,(H,15,20)(H,18,19). The topological polar surface area (TPSA) is 89.9 Å². The number of benzene rings is 1. The zero-order valence-electron chi connectivity index (χ0n) is 11.2. The zero-order chi connectivity index (χ0) is 14.7. The Bertz CT molecular complexity index is 518. The molecule has 1 saturated heterocycles. The number of hydrogen-bond acceptors (Lipinski definition) is 3. The molecule has 1 heterocycles. The van der Waals surface area contributed by atoms with Gasteiger partial charge < -0.3 is 20.4 Å². The molecule has 0 aromatic heterocycles. The second-order valence-electron chi connectivity index (χ2n) is 5.03. The molecule has 3 N–H and O–H groups in total. The summed E-state index contributed by atoms with van der Waals surface area (Å²) in [5, 5.41) is 20.9. The number of nitrogens with zero attached hydrogens (tertiary/aromatic N) is 1. The first kappa shape index (κ1) is 14.3. The minimum Gasteiger partial charge on any atom is -0.478 e. The van der Waals surface area contributed by atoms with Crippen LogP contribution in [0.5, 0.6) is 0 Å². The normalized spacial score (nSPS) is 21.8. The lowest BCUT2D eigenvalue weighted by molar-refractivity contribution is 0.0697.